The molecule has 0 radical (unpaired) electrons. The van der Waals surface area contributed by atoms with Gasteiger partial charge in [-0.2, -0.15) is 0 Å². The first-order chi connectivity index (χ1) is 5.33. The average molecular weight is 175 g/mol. The van der Waals surface area contributed by atoms with Gasteiger partial charge in [0.25, 0.3) is 0 Å². The molecule has 0 saturated carbocycles. The predicted molar refractivity (Wildman–Crippen MR) is 50.0 cm³/mol. The van der Waals surface area contributed by atoms with Gasteiger partial charge in [-0.3, -0.25) is 0 Å². The smallest absolute Gasteiger partial charge is 0.0700 e. The minimum Gasteiger partial charge on any atom is -0.377 e. The van der Waals surface area contributed by atoms with Gasteiger partial charge in [0, 0.05) is 13.2 Å². The molecule has 0 aromatic carbocycles. The van der Waals surface area contributed by atoms with Gasteiger partial charge >= 0.3 is 0 Å². The van der Waals surface area contributed by atoms with Crippen molar-refractivity contribution in [3.63, 3.8) is 0 Å². The SMILES string of the molecule is CSC(C)NCC1CCCO1. The molecule has 0 bridgehead atoms. The molecule has 1 aliphatic heterocycles. The van der Waals surface area contributed by atoms with Gasteiger partial charge in [0.1, 0.15) is 0 Å². The Kier molecular flexibility index (Phi) is 4.26. The zero-order chi connectivity index (χ0) is 8.10. The second-order valence-electron chi connectivity index (χ2n) is 2.92. The van der Waals surface area contributed by atoms with Gasteiger partial charge in [0.05, 0.1) is 11.5 Å². The molecule has 1 saturated heterocycles. The third-order valence-corrected chi connectivity index (χ3v) is 2.88. The van der Waals surface area contributed by atoms with Crippen molar-refractivity contribution in [2.45, 2.75) is 31.2 Å². The molecule has 1 heterocycles. The van der Waals surface area contributed by atoms with E-state index in [-0.39, 0.29) is 0 Å². The summed E-state index contributed by atoms with van der Waals surface area (Å²) in [6, 6.07) is 0. The molecule has 11 heavy (non-hydrogen) atoms. The number of thioether (sulfide) groups is 1. The van der Waals surface area contributed by atoms with E-state index in [4.69, 9.17) is 4.74 Å². The molecule has 2 nitrogen and oxygen atoms in total. The van der Waals surface area contributed by atoms with Crippen LogP contribution in [0.15, 0.2) is 0 Å². The van der Waals surface area contributed by atoms with Gasteiger partial charge in [0.2, 0.25) is 0 Å². The minimum atomic E-state index is 0.476. The van der Waals surface area contributed by atoms with Crippen LogP contribution in [0.25, 0.3) is 0 Å². The second-order valence-corrected chi connectivity index (χ2v) is 4.10. The summed E-state index contributed by atoms with van der Waals surface area (Å²) >= 11 is 1.84. The van der Waals surface area contributed by atoms with Crippen molar-refractivity contribution in [1.29, 1.82) is 0 Å². The van der Waals surface area contributed by atoms with E-state index in [0.29, 0.717) is 11.5 Å². The zero-order valence-electron chi connectivity index (χ0n) is 7.30. The lowest BCUT2D eigenvalue weighted by Gasteiger charge is -2.14. The predicted octanol–water partition coefficient (Wildman–Crippen LogP) is 1.46. The van der Waals surface area contributed by atoms with Crippen LogP contribution in [0.1, 0.15) is 19.8 Å². The Morgan fingerprint density at radius 1 is 1.73 bits per heavy atom. The van der Waals surface area contributed by atoms with Crippen LogP contribution in [0, 0.1) is 0 Å². The quantitative estimate of drug-likeness (QED) is 0.654. The largest absolute Gasteiger partial charge is 0.377 e. The van der Waals surface area contributed by atoms with Gasteiger partial charge in [-0.25, -0.2) is 0 Å². The molecule has 0 spiro atoms. The number of hydrogen-bond donors (Lipinski definition) is 1. The standard InChI is InChI=1S/C8H17NOS/c1-7(11-2)9-6-8-4-3-5-10-8/h7-9H,3-6H2,1-2H3. The first-order valence-corrected chi connectivity index (χ1v) is 5.49. The minimum absolute atomic E-state index is 0.476. The molecule has 0 amide bonds. The Morgan fingerprint density at radius 2 is 2.55 bits per heavy atom. The molecule has 0 aromatic rings. The molecule has 2 atom stereocenters. The van der Waals surface area contributed by atoms with Crippen LogP contribution in [-0.2, 0) is 4.74 Å². The fourth-order valence-electron chi connectivity index (χ4n) is 1.19. The lowest BCUT2D eigenvalue weighted by Crippen LogP contribution is -2.31. The van der Waals surface area contributed by atoms with Gasteiger partial charge in [-0.1, -0.05) is 0 Å². The fourth-order valence-corrected chi connectivity index (χ4v) is 1.45. The van der Waals surface area contributed by atoms with E-state index < -0.39 is 0 Å². The van der Waals surface area contributed by atoms with Crippen LogP contribution in [0.2, 0.25) is 0 Å². The third kappa shape index (κ3) is 3.45. The lowest BCUT2D eigenvalue weighted by molar-refractivity contribution is 0.110. The van der Waals surface area contributed by atoms with Crippen LogP contribution in [-0.4, -0.2) is 30.9 Å². The van der Waals surface area contributed by atoms with Crippen molar-refractivity contribution >= 4 is 11.8 Å². The van der Waals surface area contributed by atoms with E-state index in [9.17, 15) is 0 Å². The van der Waals surface area contributed by atoms with Crippen LogP contribution in [0.3, 0.4) is 0 Å². The Bertz CT molecular complexity index is 104. The number of ether oxygens (including phenoxy) is 1. The first kappa shape index (κ1) is 9.36. The van der Waals surface area contributed by atoms with Crippen LogP contribution in [0.5, 0.6) is 0 Å². The van der Waals surface area contributed by atoms with Crippen molar-refractivity contribution in [2.24, 2.45) is 0 Å². The molecule has 0 aliphatic carbocycles. The molecule has 0 aromatic heterocycles. The van der Waals surface area contributed by atoms with Gasteiger partial charge in [-0.05, 0) is 26.0 Å². The maximum atomic E-state index is 5.48. The van der Waals surface area contributed by atoms with E-state index in [1.807, 2.05) is 11.8 Å². The number of rotatable bonds is 4. The molecule has 2 unspecified atom stereocenters. The monoisotopic (exact) mass is 175 g/mol. The van der Waals surface area contributed by atoms with E-state index in [1.165, 1.54) is 12.8 Å². The Morgan fingerprint density at radius 3 is 3.09 bits per heavy atom. The van der Waals surface area contributed by atoms with E-state index in [1.54, 1.807) is 0 Å². The third-order valence-electron chi connectivity index (χ3n) is 2.01. The summed E-state index contributed by atoms with van der Waals surface area (Å²) in [6.45, 7) is 4.15. The molecular weight excluding hydrogens is 158 g/mol. The van der Waals surface area contributed by atoms with Crippen LogP contribution < -0.4 is 5.32 Å². The zero-order valence-corrected chi connectivity index (χ0v) is 8.12. The summed E-state index contributed by atoms with van der Waals surface area (Å²) < 4.78 is 5.48. The summed E-state index contributed by atoms with van der Waals surface area (Å²) in [6.07, 6.45) is 5.06. The highest BCUT2D eigenvalue weighted by Crippen LogP contribution is 2.11. The maximum Gasteiger partial charge on any atom is 0.0700 e. The molecule has 66 valence electrons. The van der Waals surface area contributed by atoms with Gasteiger partial charge < -0.3 is 10.1 Å². The van der Waals surface area contributed by atoms with Gasteiger partial charge in [-0.15, -0.1) is 11.8 Å². The van der Waals surface area contributed by atoms with Crippen molar-refractivity contribution in [2.75, 3.05) is 19.4 Å². The fraction of sp³-hybridized carbons (Fsp3) is 1.00. The summed E-state index contributed by atoms with van der Waals surface area (Å²) in [7, 11) is 0. The summed E-state index contributed by atoms with van der Waals surface area (Å²) in [5.41, 5.74) is 0. The summed E-state index contributed by atoms with van der Waals surface area (Å²) in [5, 5.41) is 3.97. The molecule has 1 aliphatic rings. The second kappa shape index (κ2) is 5.01. The van der Waals surface area contributed by atoms with Crippen molar-refractivity contribution in [3.05, 3.63) is 0 Å². The normalized spacial score (nSPS) is 27.3. The van der Waals surface area contributed by atoms with E-state index in [0.717, 1.165) is 13.2 Å². The Balaban J connectivity index is 2.01. The number of hydrogen-bond acceptors (Lipinski definition) is 3. The maximum absolute atomic E-state index is 5.48. The Hall–Kier alpha value is 0.270. The van der Waals surface area contributed by atoms with Gasteiger partial charge in [0.15, 0.2) is 0 Å². The molecule has 1 fully saturated rings. The molecular formula is C8H17NOS. The van der Waals surface area contributed by atoms with Crippen LogP contribution in [0.4, 0.5) is 0 Å². The topological polar surface area (TPSA) is 21.3 Å². The van der Waals surface area contributed by atoms with Crippen LogP contribution >= 0.6 is 11.8 Å². The molecule has 3 heteroatoms. The highest BCUT2D eigenvalue weighted by atomic mass is 32.2. The van der Waals surface area contributed by atoms with E-state index >= 15 is 0 Å². The first-order valence-electron chi connectivity index (χ1n) is 4.20. The highest BCUT2D eigenvalue weighted by molar-refractivity contribution is 7.99. The lowest BCUT2D eigenvalue weighted by atomic mass is 10.2. The van der Waals surface area contributed by atoms with Crippen molar-refractivity contribution < 1.29 is 4.74 Å². The Labute approximate surface area is 73.1 Å². The summed E-state index contributed by atoms with van der Waals surface area (Å²) in [5.74, 6) is 0. The van der Waals surface area contributed by atoms with Crippen molar-refractivity contribution in [1.82, 2.24) is 5.32 Å². The van der Waals surface area contributed by atoms with E-state index in [2.05, 4.69) is 18.5 Å². The summed E-state index contributed by atoms with van der Waals surface area (Å²) in [4.78, 5) is 0. The molecule has 1 rings (SSSR count). The van der Waals surface area contributed by atoms with Crippen molar-refractivity contribution in [3.8, 4) is 0 Å². The highest BCUT2D eigenvalue weighted by Gasteiger charge is 2.15. The average Bonchev–Trinajstić information content (AvgIpc) is 2.52. The number of nitrogens with one attached hydrogen (secondary N) is 1. The molecule has 1 N–H and O–H groups in total.